The Labute approximate surface area is 95.0 Å². The molecule has 1 heterocycles. The largest absolute Gasteiger partial charge is 0.494 e. The molecule has 2 rings (SSSR count). The van der Waals surface area contributed by atoms with Crippen molar-refractivity contribution in [3.05, 3.63) is 21.6 Å². The molecule has 0 amide bonds. The quantitative estimate of drug-likeness (QED) is 0.832. The van der Waals surface area contributed by atoms with Gasteiger partial charge in [-0.25, -0.2) is 4.98 Å². The molecular weight excluding hydrogens is 262 g/mol. The number of hydrogen-bond donors (Lipinski definition) is 0. The lowest BCUT2D eigenvalue weighted by molar-refractivity contribution is 0.419. The number of aromatic nitrogens is 1. The Morgan fingerprint density at radius 1 is 1.50 bits per heavy atom. The topological polar surface area (TPSA) is 22.1 Å². The monoisotopic (exact) mass is 271 g/mol. The maximum Gasteiger partial charge on any atom is 0.146 e. The van der Waals surface area contributed by atoms with Crippen LogP contribution in [-0.4, -0.2) is 12.1 Å². The molecule has 0 atom stereocenters. The van der Waals surface area contributed by atoms with Crippen LogP contribution >= 0.6 is 27.3 Å². The highest BCUT2D eigenvalue weighted by Gasteiger charge is 2.10. The Hall–Kier alpha value is -0.610. The molecule has 2 aromatic rings. The summed E-state index contributed by atoms with van der Waals surface area (Å²) in [7, 11) is 1.67. The maximum absolute atomic E-state index is 5.26. The molecule has 1 aromatic carbocycles. The molecule has 0 spiro atoms. The first-order valence-electron chi connectivity index (χ1n) is 4.38. The van der Waals surface area contributed by atoms with Gasteiger partial charge < -0.3 is 4.74 Å². The highest BCUT2D eigenvalue weighted by molar-refractivity contribution is 9.10. The summed E-state index contributed by atoms with van der Waals surface area (Å²) < 4.78 is 7.52. The Balaban J connectivity index is 2.74. The molecule has 0 unspecified atom stereocenters. The van der Waals surface area contributed by atoms with Crippen molar-refractivity contribution in [1.82, 2.24) is 4.98 Å². The van der Waals surface area contributed by atoms with E-state index in [4.69, 9.17) is 4.74 Å². The van der Waals surface area contributed by atoms with Crippen LogP contribution in [-0.2, 0) is 6.42 Å². The second-order valence-electron chi connectivity index (χ2n) is 2.89. The predicted octanol–water partition coefficient (Wildman–Crippen LogP) is 3.63. The Bertz CT molecular complexity index is 466. The predicted molar refractivity (Wildman–Crippen MR) is 63.3 cm³/mol. The molecule has 0 aliphatic rings. The van der Waals surface area contributed by atoms with E-state index in [1.807, 2.05) is 12.1 Å². The van der Waals surface area contributed by atoms with Gasteiger partial charge >= 0.3 is 0 Å². The first-order chi connectivity index (χ1) is 6.76. The third-order valence-electron chi connectivity index (χ3n) is 2.03. The minimum atomic E-state index is 0.846. The van der Waals surface area contributed by atoms with Gasteiger partial charge in [-0.1, -0.05) is 6.92 Å². The van der Waals surface area contributed by atoms with Gasteiger partial charge in [-0.2, -0.15) is 0 Å². The fourth-order valence-corrected chi connectivity index (χ4v) is 2.80. The number of benzene rings is 1. The second kappa shape index (κ2) is 3.87. The molecule has 4 heteroatoms. The summed E-state index contributed by atoms with van der Waals surface area (Å²) in [5.41, 5.74) is 0.962. The number of hydrogen-bond acceptors (Lipinski definition) is 3. The van der Waals surface area contributed by atoms with Crippen LogP contribution in [0.3, 0.4) is 0 Å². The van der Waals surface area contributed by atoms with Gasteiger partial charge in [-0.3, -0.25) is 0 Å². The van der Waals surface area contributed by atoms with Crippen molar-refractivity contribution in [2.75, 3.05) is 7.11 Å². The Morgan fingerprint density at radius 3 is 2.93 bits per heavy atom. The normalized spacial score (nSPS) is 10.8. The van der Waals surface area contributed by atoms with Gasteiger partial charge in [0.25, 0.3) is 0 Å². The average Bonchev–Trinajstić information content (AvgIpc) is 2.63. The van der Waals surface area contributed by atoms with E-state index in [-0.39, 0.29) is 0 Å². The molecular formula is C10H10BrNOS. The summed E-state index contributed by atoms with van der Waals surface area (Å²) in [4.78, 5) is 4.53. The van der Waals surface area contributed by atoms with Crippen LogP contribution in [0.15, 0.2) is 16.6 Å². The van der Waals surface area contributed by atoms with E-state index in [1.165, 1.54) is 4.70 Å². The zero-order valence-electron chi connectivity index (χ0n) is 8.00. The van der Waals surface area contributed by atoms with E-state index in [9.17, 15) is 0 Å². The summed E-state index contributed by atoms with van der Waals surface area (Å²) >= 11 is 5.23. The summed E-state index contributed by atoms with van der Waals surface area (Å²) in [6.07, 6.45) is 0.967. The average molecular weight is 272 g/mol. The standard InChI is InChI=1S/C10H10BrNOS/c1-3-8-12-9-7(13-2)5-4-6(11)10(9)14-8/h4-5H,3H2,1-2H3. The van der Waals surface area contributed by atoms with Gasteiger partial charge in [-0.15, -0.1) is 11.3 Å². The van der Waals surface area contributed by atoms with Gasteiger partial charge in [-0.05, 0) is 34.5 Å². The van der Waals surface area contributed by atoms with Crippen LogP contribution in [0.2, 0.25) is 0 Å². The minimum absolute atomic E-state index is 0.846. The first kappa shape index (κ1) is 9.93. The van der Waals surface area contributed by atoms with Crippen molar-refractivity contribution in [3.63, 3.8) is 0 Å². The lowest BCUT2D eigenvalue weighted by atomic mass is 10.3. The van der Waals surface area contributed by atoms with E-state index in [0.717, 1.165) is 27.2 Å². The molecule has 0 saturated heterocycles. The van der Waals surface area contributed by atoms with Crippen LogP contribution in [0.5, 0.6) is 5.75 Å². The highest BCUT2D eigenvalue weighted by atomic mass is 79.9. The van der Waals surface area contributed by atoms with Crippen LogP contribution in [0.1, 0.15) is 11.9 Å². The van der Waals surface area contributed by atoms with Crippen molar-refractivity contribution in [2.24, 2.45) is 0 Å². The summed E-state index contributed by atoms with van der Waals surface area (Å²) in [5, 5.41) is 1.14. The molecule has 0 fully saturated rings. The SMILES string of the molecule is CCc1nc2c(OC)ccc(Br)c2s1. The number of thiazole rings is 1. The Kier molecular flexibility index (Phi) is 2.74. The lowest BCUT2D eigenvalue weighted by Crippen LogP contribution is -1.84. The zero-order valence-corrected chi connectivity index (χ0v) is 10.4. The molecule has 1 aromatic heterocycles. The van der Waals surface area contributed by atoms with Gasteiger partial charge in [0.2, 0.25) is 0 Å². The van der Waals surface area contributed by atoms with Gasteiger partial charge in [0.15, 0.2) is 0 Å². The van der Waals surface area contributed by atoms with Crippen molar-refractivity contribution < 1.29 is 4.74 Å². The Morgan fingerprint density at radius 2 is 2.29 bits per heavy atom. The fraction of sp³-hybridized carbons (Fsp3) is 0.300. The molecule has 14 heavy (non-hydrogen) atoms. The van der Waals surface area contributed by atoms with Crippen molar-refractivity contribution >= 4 is 37.5 Å². The summed E-state index contributed by atoms with van der Waals surface area (Å²) in [5.74, 6) is 0.846. The molecule has 0 N–H and O–H groups in total. The smallest absolute Gasteiger partial charge is 0.146 e. The third kappa shape index (κ3) is 1.53. The van der Waals surface area contributed by atoms with Crippen LogP contribution in [0.4, 0.5) is 0 Å². The van der Waals surface area contributed by atoms with E-state index >= 15 is 0 Å². The molecule has 0 aliphatic carbocycles. The van der Waals surface area contributed by atoms with Gasteiger partial charge in [0, 0.05) is 4.47 Å². The summed E-state index contributed by atoms with van der Waals surface area (Å²) in [6, 6.07) is 3.93. The highest BCUT2D eigenvalue weighted by Crippen LogP contribution is 2.35. The minimum Gasteiger partial charge on any atom is -0.494 e. The van der Waals surface area contributed by atoms with Gasteiger partial charge in [0.05, 0.1) is 16.8 Å². The number of halogens is 1. The molecule has 74 valence electrons. The molecule has 0 radical (unpaired) electrons. The van der Waals surface area contributed by atoms with E-state index in [2.05, 4.69) is 27.8 Å². The van der Waals surface area contributed by atoms with Crippen molar-refractivity contribution in [3.8, 4) is 5.75 Å². The maximum atomic E-state index is 5.26. The van der Waals surface area contributed by atoms with Crippen molar-refractivity contribution in [2.45, 2.75) is 13.3 Å². The number of fused-ring (bicyclic) bond motifs is 1. The molecule has 2 nitrogen and oxygen atoms in total. The number of methoxy groups -OCH3 is 1. The third-order valence-corrected chi connectivity index (χ3v) is 4.18. The van der Waals surface area contributed by atoms with E-state index in [0.29, 0.717) is 0 Å². The number of nitrogens with zero attached hydrogens (tertiary/aromatic N) is 1. The zero-order chi connectivity index (χ0) is 10.1. The second-order valence-corrected chi connectivity index (χ2v) is 4.83. The van der Waals surface area contributed by atoms with Crippen molar-refractivity contribution in [1.29, 1.82) is 0 Å². The van der Waals surface area contributed by atoms with Crippen LogP contribution in [0, 0.1) is 0 Å². The molecule has 0 saturated carbocycles. The molecule has 0 aliphatic heterocycles. The fourth-order valence-electron chi connectivity index (χ4n) is 1.31. The molecule has 0 bridgehead atoms. The van der Waals surface area contributed by atoms with E-state index < -0.39 is 0 Å². The number of ether oxygens (including phenoxy) is 1. The number of aryl methyl sites for hydroxylation is 1. The van der Waals surface area contributed by atoms with Crippen LogP contribution < -0.4 is 4.74 Å². The lowest BCUT2D eigenvalue weighted by Gasteiger charge is -2.00. The first-order valence-corrected chi connectivity index (χ1v) is 5.99. The number of rotatable bonds is 2. The summed E-state index contributed by atoms with van der Waals surface area (Å²) in [6.45, 7) is 2.11. The van der Waals surface area contributed by atoms with E-state index in [1.54, 1.807) is 18.4 Å². The van der Waals surface area contributed by atoms with Gasteiger partial charge in [0.1, 0.15) is 11.3 Å². The van der Waals surface area contributed by atoms with Crippen LogP contribution in [0.25, 0.3) is 10.2 Å².